The summed E-state index contributed by atoms with van der Waals surface area (Å²) in [6, 6.07) is 0.163. The molecule has 1 N–H and O–H groups in total. The highest BCUT2D eigenvalue weighted by Crippen LogP contribution is 2.14. The molecule has 1 amide bonds. The minimum Gasteiger partial charge on any atom is -0.468 e. The van der Waals surface area contributed by atoms with E-state index in [0.29, 0.717) is 6.42 Å². The maximum Gasteiger partial charge on any atom is 0.319 e. The van der Waals surface area contributed by atoms with Crippen LogP contribution in [0.4, 0.5) is 0 Å². The molecule has 1 aliphatic rings. The Bertz CT molecular complexity index is 268. The molecule has 0 radical (unpaired) electrons. The SMILES string of the molecule is CCCN(CC(=O)OC)C1CCCNC(=O)C1. The van der Waals surface area contributed by atoms with E-state index in [0.717, 1.165) is 32.4 Å². The number of esters is 1. The predicted octanol–water partition coefficient (Wildman–Crippen LogP) is 0.540. The third-order valence-electron chi connectivity index (χ3n) is 3.04. The van der Waals surface area contributed by atoms with Crippen molar-refractivity contribution >= 4 is 11.9 Å². The van der Waals surface area contributed by atoms with Crippen LogP contribution in [0.25, 0.3) is 0 Å². The lowest BCUT2D eigenvalue weighted by Crippen LogP contribution is -2.41. The third kappa shape index (κ3) is 4.73. The number of hydrogen-bond acceptors (Lipinski definition) is 4. The molecule has 17 heavy (non-hydrogen) atoms. The molecule has 0 aromatic heterocycles. The number of carbonyl (C=O) groups is 2. The average molecular weight is 242 g/mol. The van der Waals surface area contributed by atoms with Gasteiger partial charge in [0.25, 0.3) is 0 Å². The molecule has 0 aliphatic carbocycles. The van der Waals surface area contributed by atoms with E-state index in [1.165, 1.54) is 7.11 Å². The summed E-state index contributed by atoms with van der Waals surface area (Å²) in [6.45, 7) is 3.92. The minimum absolute atomic E-state index is 0.0819. The van der Waals surface area contributed by atoms with Crippen molar-refractivity contribution in [3.05, 3.63) is 0 Å². The highest BCUT2D eigenvalue weighted by molar-refractivity contribution is 5.77. The van der Waals surface area contributed by atoms with E-state index in [4.69, 9.17) is 4.74 Å². The molecule has 1 rings (SSSR count). The Hall–Kier alpha value is -1.10. The van der Waals surface area contributed by atoms with Gasteiger partial charge in [0.2, 0.25) is 5.91 Å². The number of amides is 1. The number of nitrogens with one attached hydrogen (secondary N) is 1. The maximum atomic E-state index is 11.5. The molecule has 5 nitrogen and oxygen atoms in total. The molecular weight excluding hydrogens is 220 g/mol. The highest BCUT2D eigenvalue weighted by atomic mass is 16.5. The van der Waals surface area contributed by atoms with Crippen LogP contribution >= 0.6 is 0 Å². The lowest BCUT2D eigenvalue weighted by Gasteiger charge is -2.28. The molecule has 1 unspecified atom stereocenters. The number of hydrogen-bond donors (Lipinski definition) is 1. The van der Waals surface area contributed by atoms with Gasteiger partial charge in [-0.2, -0.15) is 0 Å². The Morgan fingerprint density at radius 3 is 3.00 bits per heavy atom. The second-order valence-corrected chi connectivity index (χ2v) is 4.40. The van der Waals surface area contributed by atoms with E-state index in [9.17, 15) is 9.59 Å². The zero-order valence-corrected chi connectivity index (χ0v) is 10.7. The summed E-state index contributed by atoms with van der Waals surface area (Å²) in [5.41, 5.74) is 0. The molecule has 0 aromatic rings. The fourth-order valence-corrected chi connectivity index (χ4v) is 2.17. The lowest BCUT2D eigenvalue weighted by molar-refractivity contribution is -0.143. The second kappa shape index (κ2) is 7.27. The Morgan fingerprint density at radius 2 is 2.35 bits per heavy atom. The molecule has 1 atom stereocenters. The lowest BCUT2D eigenvalue weighted by atomic mass is 10.1. The zero-order chi connectivity index (χ0) is 12.7. The zero-order valence-electron chi connectivity index (χ0n) is 10.7. The van der Waals surface area contributed by atoms with Gasteiger partial charge in [-0.05, 0) is 25.8 Å². The van der Waals surface area contributed by atoms with Crippen LogP contribution in [-0.2, 0) is 14.3 Å². The molecule has 1 fully saturated rings. The maximum absolute atomic E-state index is 11.5. The van der Waals surface area contributed by atoms with Crippen LogP contribution in [0.2, 0.25) is 0 Å². The molecule has 1 aliphatic heterocycles. The molecular formula is C12H22N2O3. The van der Waals surface area contributed by atoms with Crippen LogP contribution < -0.4 is 5.32 Å². The molecule has 0 aromatic carbocycles. The van der Waals surface area contributed by atoms with Gasteiger partial charge in [0.1, 0.15) is 0 Å². The van der Waals surface area contributed by atoms with Crippen LogP contribution in [0.3, 0.4) is 0 Å². The number of methoxy groups -OCH3 is 1. The van der Waals surface area contributed by atoms with E-state index >= 15 is 0 Å². The Balaban J connectivity index is 2.60. The quantitative estimate of drug-likeness (QED) is 0.715. The van der Waals surface area contributed by atoms with Crippen molar-refractivity contribution < 1.29 is 14.3 Å². The largest absolute Gasteiger partial charge is 0.468 e. The Kier molecular flexibility index (Phi) is 5.97. The fourth-order valence-electron chi connectivity index (χ4n) is 2.17. The van der Waals surface area contributed by atoms with E-state index < -0.39 is 0 Å². The number of rotatable bonds is 5. The van der Waals surface area contributed by atoms with Crippen LogP contribution in [0.1, 0.15) is 32.6 Å². The van der Waals surface area contributed by atoms with Crippen molar-refractivity contribution in [2.75, 3.05) is 26.7 Å². The monoisotopic (exact) mass is 242 g/mol. The van der Waals surface area contributed by atoms with Crippen LogP contribution in [0, 0.1) is 0 Å². The van der Waals surface area contributed by atoms with Gasteiger partial charge < -0.3 is 10.1 Å². The summed E-state index contributed by atoms with van der Waals surface area (Å²) in [6.07, 6.45) is 3.37. The first-order valence-electron chi connectivity index (χ1n) is 6.25. The number of ether oxygens (including phenoxy) is 1. The van der Waals surface area contributed by atoms with Gasteiger partial charge in [0, 0.05) is 19.0 Å². The summed E-state index contributed by atoms with van der Waals surface area (Å²) < 4.78 is 4.69. The van der Waals surface area contributed by atoms with Crippen molar-refractivity contribution in [2.45, 2.75) is 38.6 Å². The van der Waals surface area contributed by atoms with E-state index in [1.54, 1.807) is 0 Å². The molecule has 1 saturated heterocycles. The standard InChI is InChI=1S/C12H22N2O3/c1-3-7-14(9-12(16)17-2)10-5-4-6-13-11(15)8-10/h10H,3-9H2,1-2H3,(H,13,15). The van der Waals surface area contributed by atoms with Gasteiger partial charge in [-0.3, -0.25) is 14.5 Å². The van der Waals surface area contributed by atoms with Gasteiger partial charge in [-0.1, -0.05) is 6.92 Å². The molecule has 0 bridgehead atoms. The summed E-state index contributed by atoms with van der Waals surface area (Å²) in [5, 5.41) is 2.86. The number of nitrogens with zero attached hydrogens (tertiary/aromatic N) is 1. The van der Waals surface area contributed by atoms with Crippen LogP contribution in [-0.4, -0.2) is 49.6 Å². The Morgan fingerprint density at radius 1 is 1.59 bits per heavy atom. The molecule has 0 spiro atoms. The molecule has 0 saturated carbocycles. The van der Waals surface area contributed by atoms with Gasteiger partial charge >= 0.3 is 5.97 Å². The van der Waals surface area contributed by atoms with Gasteiger partial charge in [-0.25, -0.2) is 0 Å². The smallest absolute Gasteiger partial charge is 0.319 e. The topological polar surface area (TPSA) is 58.6 Å². The summed E-state index contributed by atoms with van der Waals surface area (Å²) >= 11 is 0. The van der Waals surface area contributed by atoms with E-state index in [1.807, 2.05) is 0 Å². The van der Waals surface area contributed by atoms with Crippen LogP contribution in [0.5, 0.6) is 0 Å². The van der Waals surface area contributed by atoms with Gasteiger partial charge in [0.05, 0.1) is 13.7 Å². The summed E-state index contributed by atoms with van der Waals surface area (Å²) in [7, 11) is 1.40. The summed E-state index contributed by atoms with van der Waals surface area (Å²) in [5.74, 6) is -0.151. The molecule has 1 heterocycles. The highest BCUT2D eigenvalue weighted by Gasteiger charge is 2.24. The van der Waals surface area contributed by atoms with Gasteiger partial charge in [0.15, 0.2) is 0 Å². The van der Waals surface area contributed by atoms with E-state index in [-0.39, 0.29) is 24.5 Å². The predicted molar refractivity (Wildman–Crippen MR) is 64.5 cm³/mol. The normalized spacial score (nSPS) is 20.9. The average Bonchev–Trinajstić information content (AvgIpc) is 2.53. The molecule has 5 heteroatoms. The van der Waals surface area contributed by atoms with Crippen molar-refractivity contribution in [1.29, 1.82) is 0 Å². The van der Waals surface area contributed by atoms with Gasteiger partial charge in [-0.15, -0.1) is 0 Å². The first-order chi connectivity index (χ1) is 8.17. The van der Waals surface area contributed by atoms with Crippen molar-refractivity contribution in [1.82, 2.24) is 10.2 Å². The van der Waals surface area contributed by atoms with Crippen LogP contribution in [0.15, 0.2) is 0 Å². The van der Waals surface area contributed by atoms with Crippen molar-refractivity contribution in [2.24, 2.45) is 0 Å². The fraction of sp³-hybridized carbons (Fsp3) is 0.833. The first-order valence-corrected chi connectivity index (χ1v) is 6.25. The van der Waals surface area contributed by atoms with E-state index in [2.05, 4.69) is 17.1 Å². The van der Waals surface area contributed by atoms with Crippen molar-refractivity contribution in [3.8, 4) is 0 Å². The minimum atomic E-state index is -0.233. The second-order valence-electron chi connectivity index (χ2n) is 4.40. The molecule has 98 valence electrons. The number of carbonyl (C=O) groups excluding carboxylic acids is 2. The van der Waals surface area contributed by atoms with Crippen molar-refractivity contribution in [3.63, 3.8) is 0 Å². The Labute approximate surface area is 102 Å². The first kappa shape index (κ1) is 14.0. The third-order valence-corrected chi connectivity index (χ3v) is 3.04. The summed E-state index contributed by atoms with van der Waals surface area (Å²) in [4.78, 5) is 24.9.